The minimum atomic E-state index is -0.596. The number of rotatable bonds is 5. The topological polar surface area (TPSA) is 80.6 Å². The van der Waals surface area contributed by atoms with Crippen molar-refractivity contribution in [2.45, 2.75) is 13.5 Å². The van der Waals surface area contributed by atoms with Gasteiger partial charge in [-0.3, -0.25) is 9.59 Å². The van der Waals surface area contributed by atoms with E-state index in [4.69, 9.17) is 4.74 Å². The molecule has 6 heteroatoms. The number of ether oxygens (including phenoxy) is 1. The molecule has 0 spiro atoms. The van der Waals surface area contributed by atoms with E-state index in [9.17, 15) is 14.7 Å². The fraction of sp³-hybridized carbons (Fsp3) is 0.200. The summed E-state index contributed by atoms with van der Waals surface area (Å²) < 4.78 is 6.71. The predicted molar refractivity (Wildman–Crippen MR) is 100.0 cm³/mol. The molecule has 0 fully saturated rings. The second kappa shape index (κ2) is 7.31. The maximum atomic E-state index is 13.0. The number of amides is 1. The highest BCUT2D eigenvalue weighted by molar-refractivity contribution is 6.02. The van der Waals surface area contributed by atoms with Crippen molar-refractivity contribution in [3.8, 4) is 11.5 Å². The maximum absolute atomic E-state index is 13.0. The van der Waals surface area contributed by atoms with Gasteiger partial charge in [0.1, 0.15) is 17.1 Å². The summed E-state index contributed by atoms with van der Waals surface area (Å²) in [6.07, 6.45) is 0. The third-order valence-electron chi connectivity index (χ3n) is 4.19. The fourth-order valence-electron chi connectivity index (χ4n) is 2.92. The van der Waals surface area contributed by atoms with Crippen molar-refractivity contribution in [3.05, 3.63) is 70.0 Å². The number of pyridine rings is 1. The van der Waals surface area contributed by atoms with Gasteiger partial charge in [-0.15, -0.1) is 0 Å². The molecule has 1 heterocycles. The molecule has 0 saturated carbocycles. The molecule has 6 nitrogen and oxygen atoms in total. The smallest absolute Gasteiger partial charge is 0.268 e. The van der Waals surface area contributed by atoms with Gasteiger partial charge in [0.15, 0.2) is 0 Å². The van der Waals surface area contributed by atoms with Gasteiger partial charge in [-0.1, -0.05) is 30.3 Å². The van der Waals surface area contributed by atoms with Crippen molar-refractivity contribution < 1.29 is 14.6 Å². The molecular formula is C20H20N2O4. The first kappa shape index (κ1) is 17.5. The lowest BCUT2D eigenvalue weighted by Crippen LogP contribution is -2.33. The molecule has 1 amide bonds. The van der Waals surface area contributed by atoms with Crippen LogP contribution in [-0.4, -0.2) is 29.2 Å². The van der Waals surface area contributed by atoms with Crippen LogP contribution in [0.5, 0.6) is 11.5 Å². The number of aromatic hydroxyl groups is 1. The number of hydrogen-bond donors (Lipinski definition) is 2. The van der Waals surface area contributed by atoms with Crippen molar-refractivity contribution in [2.75, 3.05) is 13.7 Å². The molecule has 0 bridgehead atoms. The lowest BCUT2D eigenvalue weighted by molar-refractivity contribution is 0.0951. The van der Waals surface area contributed by atoms with Crippen LogP contribution in [0.4, 0.5) is 0 Å². The molecule has 26 heavy (non-hydrogen) atoms. The molecule has 0 aliphatic rings. The highest BCUT2D eigenvalue weighted by Gasteiger charge is 2.22. The summed E-state index contributed by atoms with van der Waals surface area (Å²) in [4.78, 5) is 25.4. The van der Waals surface area contributed by atoms with Crippen LogP contribution in [0.1, 0.15) is 22.8 Å². The summed E-state index contributed by atoms with van der Waals surface area (Å²) in [5.41, 5.74) is 0.656. The van der Waals surface area contributed by atoms with Gasteiger partial charge < -0.3 is 19.7 Å². The molecule has 0 unspecified atom stereocenters. The van der Waals surface area contributed by atoms with Crippen molar-refractivity contribution >= 4 is 16.8 Å². The Hall–Kier alpha value is -3.28. The molecule has 1 aromatic heterocycles. The van der Waals surface area contributed by atoms with E-state index in [-0.39, 0.29) is 17.9 Å². The molecule has 0 saturated heterocycles. The Bertz CT molecular complexity index is 1010. The molecule has 0 aliphatic heterocycles. The second-order valence-electron chi connectivity index (χ2n) is 5.84. The zero-order valence-electron chi connectivity index (χ0n) is 14.7. The Morgan fingerprint density at radius 3 is 2.58 bits per heavy atom. The Morgan fingerprint density at radius 2 is 1.92 bits per heavy atom. The Morgan fingerprint density at radius 1 is 1.19 bits per heavy atom. The summed E-state index contributed by atoms with van der Waals surface area (Å²) in [6.45, 7) is 2.39. The van der Waals surface area contributed by atoms with Crippen molar-refractivity contribution in [1.29, 1.82) is 0 Å². The predicted octanol–water partition coefficient (Wildman–Crippen LogP) is 2.51. The number of benzene rings is 2. The minimum absolute atomic E-state index is 0.261. The van der Waals surface area contributed by atoms with Crippen molar-refractivity contribution in [2.24, 2.45) is 0 Å². The van der Waals surface area contributed by atoms with E-state index < -0.39 is 11.5 Å². The van der Waals surface area contributed by atoms with Crippen LogP contribution in [-0.2, 0) is 6.54 Å². The summed E-state index contributed by atoms with van der Waals surface area (Å²) >= 11 is 0. The zero-order chi connectivity index (χ0) is 18.7. The van der Waals surface area contributed by atoms with Crippen LogP contribution in [0.3, 0.4) is 0 Å². The van der Waals surface area contributed by atoms with Crippen molar-refractivity contribution in [1.82, 2.24) is 9.88 Å². The van der Waals surface area contributed by atoms with Crippen LogP contribution in [0.15, 0.2) is 53.3 Å². The molecule has 3 aromatic rings. The van der Waals surface area contributed by atoms with Crippen LogP contribution in [0.25, 0.3) is 10.9 Å². The Balaban J connectivity index is 2.30. The highest BCUT2D eigenvalue weighted by Crippen LogP contribution is 2.30. The van der Waals surface area contributed by atoms with Crippen molar-refractivity contribution in [3.63, 3.8) is 0 Å². The molecule has 0 atom stereocenters. The van der Waals surface area contributed by atoms with Gasteiger partial charge in [-0.2, -0.15) is 0 Å². The normalized spacial score (nSPS) is 10.7. The number of carbonyl (C=O) groups is 1. The highest BCUT2D eigenvalue weighted by atomic mass is 16.5. The molecule has 0 aliphatic carbocycles. The van der Waals surface area contributed by atoms with Gasteiger partial charge in [0.25, 0.3) is 11.5 Å². The van der Waals surface area contributed by atoms with Gasteiger partial charge in [0.05, 0.1) is 19.2 Å². The van der Waals surface area contributed by atoms with Crippen LogP contribution < -0.4 is 15.6 Å². The monoisotopic (exact) mass is 352 g/mol. The number of fused-ring (bicyclic) bond motifs is 1. The van der Waals surface area contributed by atoms with E-state index in [1.807, 2.05) is 30.3 Å². The fourth-order valence-corrected chi connectivity index (χ4v) is 2.92. The van der Waals surface area contributed by atoms with Gasteiger partial charge in [0.2, 0.25) is 0 Å². The van der Waals surface area contributed by atoms with Crippen LogP contribution in [0, 0.1) is 0 Å². The van der Waals surface area contributed by atoms with Gasteiger partial charge in [0, 0.05) is 11.9 Å². The van der Waals surface area contributed by atoms with Gasteiger partial charge in [-0.25, -0.2) is 0 Å². The SMILES string of the molecule is CCNC(=O)c1c(O)c2cc(OC)ccc2n(Cc2ccccc2)c1=O. The van der Waals surface area contributed by atoms with E-state index in [1.165, 1.54) is 11.7 Å². The molecule has 134 valence electrons. The molecule has 2 N–H and O–H groups in total. The van der Waals surface area contributed by atoms with Crippen LogP contribution >= 0.6 is 0 Å². The second-order valence-corrected chi connectivity index (χ2v) is 5.84. The van der Waals surface area contributed by atoms with E-state index in [2.05, 4.69) is 5.32 Å². The first-order valence-electron chi connectivity index (χ1n) is 8.32. The Labute approximate surface area is 150 Å². The quantitative estimate of drug-likeness (QED) is 0.739. The first-order chi connectivity index (χ1) is 12.6. The molecule has 2 aromatic carbocycles. The van der Waals surface area contributed by atoms with E-state index >= 15 is 0 Å². The third-order valence-corrected chi connectivity index (χ3v) is 4.19. The largest absolute Gasteiger partial charge is 0.506 e. The number of aromatic nitrogens is 1. The van der Waals surface area contributed by atoms with E-state index in [0.717, 1.165) is 5.56 Å². The van der Waals surface area contributed by atoms with Gasteiger partial charge >= 0.3 is 0 Å². The van der Waals surface area contributed by atoms with Gasteiger partial charge in [-0.05, 0) is 30.7 Å². The number of carbonyl (C=O) groups excluding carboxylic acids is 1. The summed E-state index contributed by atoms with van der Waals surface area (Å²) in [7, 11) is 1.52. The molecule has 3 rings (SSSR count). The summed E-state index contributed by atoms with van der Waals surface area (Å²) in [5, 5.41) is 13.6. The minimum Gasteiger partial charge on any atom is -0.506 e. The zero-order valence-corrected chi connectivity index (χ0v) is 14.7. The molecule has 0 radical (unpaired) electrons. The average molecular weight is 352 g/mol. The number of hydrogen-bond acceptors (Lipinski definition) is 4. The van der Waals surface area contributed by atoms with Crippen LogP contribution in [0.2, 0.25) is 0 Å². The third kappa shape index (κ3) is 3.13. The Kier molecular flexibility index (Phi) is 4.93. The first-order valence-corrected chi connectivity index (χ1v) is 8.32. The average Bonchev–Trinajstić information content (AvgIpc) is 2.66. The molecular weight excluding hydrogens is 332 g/mol. The van der Waals surface area contributed by atoms with E-state index in [1.54, 1.807) is 25.1 Å². The lowest BCUT2D eigenvalue weighted by atomic mass is 10.1. The summed E-state index contributed by atoms with van der Waals surface area (Å²) in [6, 6.07) is 14.5. The standard InChI is InChI=1S/C20H20N2O4/c1-3-21-19(24)17-18(23)15-11-14(26-2)9-10-16(15)22(20(17)25)12-13-7-5-4-6-8-13/h4-11,23H,3,12H2,1-2H3,(H,21,24). The maximum Gasteiger partial charge on any atom is 0.268 e. The number of methoxy groups -OCH3 is 1. The lowest BCUT2D eigenvalue weighted by Gasteiger charge is -2.15. The summed E-state index contributed by atoms with van der Waals surface area (Å²) in [5.74, 6) is -0.403. The number of nitrogens with one attached hydrogen (secondary N) is 1. The number of nitrogens with zero attached hydrogens (tertiary/aromatic N) is 1. The van der Waals surface area contributed by atoms with E-state index in [0.29, 0.717) is 23.2 Å².